The van der Waals surface area contributed by atoms with E-state index < -0.39 is 0 Å². The number of rotatable bonds is 4. The Morgan fingerprint density at radius 1 is 1.04 bits per heavy atom. The van der Waals surface area contributed by atoms with Crippen LogP contribution in [0.2, 0.25) is 0 Å². The van der Waals surface area contributed by atoms with Crippen LogP contribution < -0.4 is 5.73 Å². The monoisotopic (exact) mass is 409 g/mol. The van der Waals surface area contributed by atoms with Gasteiger partial charge in [0, 0.05) is 38.1 Å². The van der Waals surface area contributed by atoms with Gasteiger partial charge in [0.25, 0.3) is 0 Å². The van der Waals surface area contributed by atoms with Gasteiger partial charge in [-0.3, -0.25) is 9.69 Å². The van der Waals surface area contributed by atoms with Gasteiger partial charge in [0.05, 0.1) is 12.2 Å². The minimum atomic E-state index is 0. The van der Waals surface area contributed by atoms with E-state index in [0.717, 1.165) is 51.4 Å². The van der Waals surface area contributed by atoms with Crippen molar-refractivity contribution in [1.82, 2.24) is 9.80 Å². The van der Waals surface area contributed by atoms with E-state index in [-0.39, 0.29) is 36.8 Å². The molecule has 2 aliphatic heterocycles. The molecule has 0 radical (unpaired) electrons. The number of ether oxygens (including phenoxy) is 1. The van der Waals surface area contributed by atoms with E-state index in [4.69, 9.17) is 10.5 Å². The largest absolute Gasteiger partial charge is 0.373 e. The Labute approximate surface area is 171 Å². The molecule has 1 saturated carbocycles. The van der Waals surface area contributed by atoms with Crippen molar-refractivity contribution in [2.75, 3.05) is 32.7 Å². The first-order valence-electron chi connectivity index (χ1n) is 9.93. The Bertz CT molecular complexity index is 423. The minimum absolute atomic E-state index is 0. The lowest BCUT2D eigenvalue weighted by Gasteiger charge is -2.37. The van der Waals surface area contributed by atoms with E-state index in [1.165, 1.54) is 25.8 Å². The topological polar surface area (TPSA) is 58.8 Å². The van der Waals surface area contributed by atoms with Crippen LogP contribution in [0.5, 0.6) is 0 Å². The van der Waals surface area contributed by atoms with Crippen molar-refractivity contribution in [2.45, 2.75) is 70.6 Å². The Kier molecular flexibility index (Phi) is 10.2. The standard InChI is InChI=1S/C19H35N3O2.2ClH/c1-14-12-21(13-15(2)24-14)8-5-16-6-9-22(10-7-16)19(23)17-3-4-18(20)11-17;;/h14-18H,3-13,20H2,1-2H3;2*1H. The zero-order valence-corrected chi connectivity index (χ0v) is 17.9. The van der Waals surface area contributed by atoms with Crippen molar-refractivity contribution >= 4 is 30.7 Å². The molecule has 3 aliphatic rings. The van der Waals surface area contributed by atoms with Crippen molar-refractivity contribution in [3.63, 3.8) is 0 Å². The summed E-state index contributed by atoms with van der Waals surface area (Å²) < 4.78 is 5.81. The van der Waals surface area contributed by atoms with Crippen LogP contribution in [0.1, 0.15) is 52.4 Å². The highest BCUT2D eigenvalue weighted by molar-refractivity contribution is 5.85. The smallest absolute Gasteiger partial charge is 0.225 e. The number of hydrogen-bond donors (Lipinski definition) is 1. The summed E-state index contributed by atoms with van der Waals surface area (Å²) in [5.41, 5.74) is 5.96. The Hall–Kier alpha value is -0.0700. The van der Waals surface area contributed by atoms with Crippen molar-refractivity contribution < 1.29 is 9.53 Å². The fourth-order valence-corrected chi connectivity index (χ4v) is 4.77. The van der Waals surface area contributed by atoms with Crippen LogP contribution in [-0.2, 0) is 9.53 Å². The summed E-state index contributed by atoms with van der Waals surface area (Å²) in [6.07, 6.45) is 7.20. The highest BCUT2D eigenvalue weighted by Gasteiger charge is 2.33. The maximum Gasteiger partial charge on any atom is 0.225 e. The fraction of sp³-hybridized carbons (Fsp3) is 0.947. The molecule has 26 heavy (non-hydrogen) atoms. The van der Waals surface area contributed by atoms with Crippen molar-refractivity contribution in [1.29, 1.82) is 0 Å². The van der Waals surface area contributed by atoms with Gasteiger partial charge in [0.2, 0.25) is 5.91 Å². The summed E-state index contributed by atoms with van der Waals surface area (Å²) in [5.74, 6) is 1.35. The fourth-order valence-electron chi connectivity index (χ4n) is 4.77. The number of piperidine rings is 1. The van der Waals surface area contributed by atoms with Crippen LogP contribution in [0.3, 0.4) is 0 Å². The molecule has 3 rings (SSSR count). The number of carbonyl (C=O) groups excluding carboxylic acids is 1. The van der Waals surface area contributed by atoms with Crippen molar-refractivity contribution in [3.8, 4) is 0 Å². The molecule has 2 saturated heterocycles. The Morgan fingerprint density at radius 2 is 1.65 bits per heavy atom. The molecule has 2 heterocycles. The Morgan fingerprint density at radius 3 is 2.19 bits per heavy atom. The second kappa shape index (κ2) is 11.1. The van der Waals surface area contributed by atoms with Gasteiger partial charge < -0.3 is 15.4 Å². The molecular weight excluding hydrogens is 373 g/mol. The zero-order valence-electron chi connectivity index (χ0n) is 16.3. The van der Waals surface area contributed by atoms with Crippen LogP contribution in [0.25, 0.3) is 0 Å². The third-order valence-corrected chi connectivity index (χ3v) is 6.10. The summed E-state index contributed by atoms with van der Waals surface area (Å²) in [5, 5.41) is 0. The number of carbonyl (C=O) groups is 1. The van der Waals surface area contributed by atoms with Gasteiger partial charge in [-0.1, -0.05) is 0 Å². The van der Waals surface area contributed by atoms with Crippen LogP contribution in [-0.4, -0.2) is 66.7 Å². The number of halogens is 2. The molecule has 0 aromatic carbocycles. The average Bonchev–Trinajstić information content (AvgIpc) is 2.98. The molecule has 1 aliphatic carbocycles. The second-order valence-electron chi connectivity index (χ2n) is 8.34. The number of nitrogens with zero attached hydrogens (tertiary/aromatic N) is 2. The van der Waals surface area contributed by atoms with E-state index in [9.17, 15) is 4.79 Å². The van der Waals surface area contributed by atoms with Gasteiger partial charge in [0.1, 0.15) is 0 Å². The van der Waals surface area contributed by atoms with E-state index >= 15 is 0 Å². The van der Waals surface area contributed by atoms with Crippen LogP contribution in [0.4, 0.5) is 0 Å². The molecule has 1 amide bonds. The second-order valence-corrected chi connectivity index (χ2v) is 8.34. The molecule has 0 aromatic heterocycles. The van der Waals surface area contributed by atoms with Gasteiger partial charge in [-0.2, -0.15) is 0 Å². The van der Waals surface area contributed by atoms with Gasteiger partial charge in [0.15, 0.2) is 0 Å². The maximum absolute atomic E-state index is 12.6. The highest BCUT2D eigenvalue weighted by Crippen LogP contribution is 2.29. The molecule has 2 N–H and O–H groups in total. The summed E-state index contributed by atoms with van der Waals surface area (Å²) in [7, 11) is 0. The molecular formula is C19H37Cl2N3O2. The predicted molar refractivity (Wildman–Crippen MR) is 110 cm³/mol. The van der Waals surface area contributed by atoms with E-state index in [2.05, 4.69) is 23.6 Å². The number of amides is 1. The number of morpholine rings is 1. The SMILES string of the molecule is CC1CN(CCC2CCN(C(=O)C3CCC(N)C3)CC2)CC(C)O1.Cl.Cl. The first-order valence-corrected chi connectivity index (χ1v) is 9.93. The molecule has 0 bridgehead atoms. The lowest BCUT2D eigenvalue weighted by atomic mass is 9.92. The molecule has 154 valence electrons. The third-order valence-electron chi connectivity index (χ3n) is 6.10. The number of likely N-dealkylation sites (tertiary alicyclic amines) is 1. The van der Waals surface area contributed by atoms with E-state index in [1.807, 2.05) is 0 Å². The molecule has 0 spiro atoms. The van der Waals surface area contributed by atoms with Crippen LogP contribution in [0.15, 0.2) is 0 Å². The maximum atomic E-state index is 12.6. The lowest BCUT2D eigenvalue weighted by Crippen LogP contribution is -2.46. The molecule has 4 atom stereocenters. The number of hydrogen-bond acceptors (Lipinski definition) is 4. The molecule has 4 unspecified atom stereocenters. The average molecular weight is 410 g/mol. The van der Waals surface area contributed by atoms with Crippen LogP contribution >= 0.6 is 24.8 Å². The summed E-state index contributed by atoms with van der Waals surface area (Å²) in [4.78, 5) is 17.2. The summed E-state index contributed by atoms with van der Waals surface area (Å²) in [6.45, 7) is 9.53. The zero-order chi connectivity index (χ0) is 17.1. The van der Waals surface area contributed by atoms with Crippen molar-refractivity contribution in [2.24, 2.45) is 17.6 Å². The molecule has 5 nitrogen and oxygen atoms in total. The van der Waals surface area contributed by atoms with Gasteiger partial charge in [-0.15, -0.1) is 24.8 Å². The van der Waals surface area contributed by atoms with E-state index in [1.54, 1.807) is 0 Å². The van der Waals surface area contributed by atoms with Gasteiger partial charge in [-0.25, -0.2) is 0 Å². The normalized spacial score (nSPS) is 33.4. The lowest BCUT2D eigenvalue weighted by molar-refractivity contribution is -0.136. The van der Waals surface area contributed by atoms with Gasteiger partial charge in [-0.05, 0) is 64.8 Å². The summed E-state index contributed by atoms with van der Waals surface area (Å²) in [6, 6.07) is 0.245. The summed E-state index contributed by atoms with van der Waals surface area (Å²) >= 11 is 0. The highest BCUT2D eigenvalue weighted by atomic mass is 35.5. The molecule has 3 fully saturated rings. The van der Waals surface area contributed by atoms with E-state index in [0.29, 0.717) is 18.1 Å². The Balaban J connectivity index is 0.00000169. The minimum Gasteiger partial charge on any atom is -0.373 e. The molecule has 7 heteroatoms. The quantitative estimate of drug-likeness (QED) is 0.774. The molecule has 0 aromatic rings. The first-order chi connectivity index (χ1) is 11.5. The predicted octanol–water partition coefficient (Wildman–Crippen LogP) is 2.70. The number of nitrogens with two attached hydrogens (primary N) is 1. The van der Waals surface area contributed by atoms with Crippen LogP contribution in [0, 0.1) is 11.8 Å². The third kappa shape index (κ3) is 6.52. The first kappa shape index (κ1) is 24.0. The van der Waals surface area contributed by atoms with Crippen molar-refractivity contribution in [3.05, 3.63) is 0 Å². The van der Waals surface area contributed by atoms with Gasteiger partial charge >= 0.3 is 0 Å².